The number of benzene rings is 1. The standard InChI is InChI=1S/C13H17BrN2O2/c1-13(2)8-18-6-5-16(13)12(17)10-4-3-9(14)7-11(10)15/h3-4,7H,5-6,8,15H2,1-2H3. The van der Waals surface area contributed by atoms with Gasteiger partial charge in [-0.3, -0.25) is 4.79 Å². The Bertz CT molecular complexity index is 474. The molecule has 1 heterocycles. The zero-order valence-corrected chi connectivity index (χ0v) is 12.2. The van der Waals surface area contributed by atoms with Crippen molar-refractivity contribution in [3.05, 3.63) is 28.2 Å². The maximum absolute atomic E-state index is 12.5. The average molecular weight is 313 g/mol. The minimum Gasteiger partial charge on any atom is -0.398 e. The molecule has 0 bridgehead atoms. The number of nitrogens with zero attached hydrogens (tertiary/aromatic N) is 1. The average Bonchev–Trinajstić information content (AvgIpc) is 2.27. The Morgan fingerprint density at radius 3 is 2.83 bits per heavy atom. The lowest BCUT2D eigenvalue weighted by molar-refractivity contribution is -0.0370. The fourth-order valence-corrected chi connectivity index (χ4v) is 2.49. The Morgan fingerprint density at radius 1 is 1.50 bits per heavy atom. The summed E-state index contributed by atoms with van der Waals surface area (Å²) in [5, 5.41) is 0. The Kier molecular flexibility index (Phi) is 3.64. The van der Waals surface area contributed by atoms with Crippen LogP contribution < -0.4 is 5.73 Å². The molecule has 1 aromatic rings. The van der Waals surface area contributed by atoms with Gasteiger partial charge in [0.15, 0.2) is 0 Å². The summed E-state index contributed by atoms with van der Waals surface area (Å²) in [6.45, 7) is 5.72. The van der Waals surface area contributed by atoms with E-state index in [1.54, 1.807) is 12.1 Å². The van der Waals surface area contributed by atoms with Gasteiger partial charge in [-0.25, -0.2) is 0 Å². The molecular weight excluding hydrogens is 296 g/mol. The van der Waals surface area contributed by atoms with Crippen LogP contribution in [0.5, 0.6) is 0 Å². The van der Waals surface area contributed by atoms with E-state index < -0.39 is 0 Å². The molecule has 18 heavy (non-hydrogen) atoms. The monoisotopic (exact) mass is 312 g/mol. The van der Waals surface area contributed by atoms with Crippen LogP contribution in [0.25, 0.3) is 0 Å². The number of morpholine rings is 1. The minimum atomic E-state index is -0.297. The van der Waals surface area contributed by atoms with Crippen LogP contribution >= 0.6 is 15.9 Å². The van der Waals surface area contributed by atoms with Crippen molar-refractivity contribution in [2.75, 3.05) is 25.5 Å². The predicted molar refractivity (Wildman–Crippen MR) is 74.5 cm³/mol. The largest absolute Gasteiger partial charge is 0.398 e. The lowest BCUT2D eigenvalue weighted by atomic mass is 10.0. The van der Waals surface area contributed by atoms with Gasteiger partial charge in [-0.2, -0.15) is 0 Å². The van der Waals surface area contributed by atoms with Crippen LogP contribution in [0.2, 0.25) is 0 Å². The Balaban J connectivity index is 2.30. The van der Waals surface area contributed by atoms with Gasteiger partial charge in [0.25, 0.3) is 5.91 Å². The number of ether oxygens (including phenoxy) is 1. The first-order valence-electron chi connectivity index (χ1n) is 5.86. The molecule has 0 unspecified atom stereocenters. The summed E-state index contributed by atoms with van der Waals surface area (Å²) in [7, 11) is 0. The number of hydrogen-bond donors (Lipinski definition) is 1. The number of hydrogen-bond acceptors (Lipinski definition) is 3. The van der Waals surface area contributed by atoms with Crippen molar-refractivity contribution < 1.29 is 9.53 Å². The molecule has 0 atom stereocenters. The number of halogens is 1. The first kappa shape index (κ1) is 13.4. The number of nitrogens with two attached hydrogens (primary N) is 1. The Hall–Kier alpha value is -1.07. The van der Waals surface area contributed by atoms with Crippen LogP contribution in [-0.4, -0.2) is 36.1 Å². The Morgan fingerprint density at radius 2 is 2.22 bits per heavy atom. The molecule has 98 valence electrons. The third-order valence-corrected chi connectivity index (χ3v) is 3.63. The van der Waals surface area contributed by atoms with Crippen molar-refractivity contribution in [2.45, 2.75) is 19.4 Å². The van der Waals surface area contributed by atoms with E-state index >= 15 is 0 Å². The highest BCUT2D eigenvalue weighted by Crippen LogP contribution is 2.25. The van der Waals surface area contributed by atoms with Crippen LogP contribution in [0.15, 0.2) is 22.7 Å². The summed E-state index contributed by atoms with van der Waals surface area (Å²) in [5.74, 6) is -0.0340. The smallest absolute Gasteiger partial charge is 0.256 e. The van der Waals surface area contributed by atoms with Gasteiger partial charge in [0.05, 0.1) is 24.3 Å². The molecule has 0 radical (unpaired) electrons. The summed E-state index contributed by atoms with van der Waals surface area (Å²) in [4.78, 5) is 14.4. The van der Waals surface area contributed by atoms with E-state index in [0.717, 1.165) is 4.47 Å². The lowest BCUT2D eigenvalue weighted by Crippen LogP contribution is -2.55. The maximum atomic E-state index is 12.5. The summed E-state index contributed by atoms with van der Waals surface area (Å²) >= 11 is 3.34. The number of amides is 1. The van der Waals surface area contributed by atoms with E-state index in [9.17, 15) is 4.79 Å². The van der Waals surface area contributed by atoms with E-state index in [2.05, 4.69) is 15.9 Å². The topological polar surface area (TPSA) is 55.6 Å². The fraction of sp³-hybridized carbons (Fsp3) is 0.462. The molecule has 2 rings (SSSR count). The van der Waals surface area contributed by atoms with E-state index in [1.807, 2.05) is 24.8 Å². The second-order valence-corrected chi connectivity index (χ2v) is 5.97. The number of carbonyl (C=O) groups is 1. The van der Waals surface area contributed by atoms with Gasteiger partial charge in [-0.05, 0) is 32.0 Å². The van der Waals surface area contributed by atoms with Crippen LogP contribution in [0, 0.1) is 0 Å². The zero-order chi connectivity index (χ0) is 13.3. The van der Waals surface area contributed by atoms with Crippen molar-refractivity contribution in [1.29, 1.82) is 0 Å². The normalized spacial score (nSPS) is 18.7. The van der Waals surface area contributed by atoms with Crippen molar-refractivity contribution >= 4 is 27.5 Å². The van der Waals surface area contributed by atoms with Gasteiger partial charge < -0.3 is 15.4 Å². The maximum Gasteiger partial charge on any atom is 0.256 e. The van der Waals surface area contributed by atoms with Crippen molar-refractivity contribution in [3.8, 4) is 0 Å². The molecule has 2 N–H and O–H groups in total. The minimum absolute atomic E-state index is 0.0340. The third kappa shape index (κ3) is 2.52. The zero-order valence-electron chi connectivity index (χ0n) is 10.6. The number of rotatable bonds is 1. The summed E-state index contributed by atoms with van der Waals surface area (Å²) < 4.78 is 6.29. The summed E-state index contributed by atoms with van der Waals surface area (Å²) in [5.41, 5.74) is 6.66. The highest BCUT2D eigenvalue weighted by molar-refractivity contribution is 9.10. The van der Waals surface area contributed by atoms with Crippen LogP contribution in [-0.2, 0) is 4.74 Å². The molecule has 1 saturated heterocycles. The van der Waals surface area contributed by atoms with E-state index in [4.69, 9.17) is 10.5 Å². The number of carbonyl (C=O) groups excluding carboxylic acids is 1. The summed E-state index contributed by atoms with van der Waals surface area (Å²) in [6.07, 6.45) is 0. The molecular formula is C13H17BrN2O2. The second kappa shape index (κ2) is 4.90. The van der Waals surface area contributed by atoms with Gasteiger partial charge in [0.2, 0.25) is 0 Å². The molecule has 5 heteroatoms. The summed E-state index contributed by atoms with van der Waals surface area (Å²) in [6, 6.07) is 5.34. The van der Waals surface area contributed by atoms with Gasteiger partial charge in [-0.1, -0.05) is 15.9 Å². The molecule has 0 saturated carbocycles. The molecule has 0 aromatic heterocycles. The molecule has 0 aliphatic carbocycles. The van der Waals surface area contributed by atoms with E-state index in [0.29, 0.717) is 31.0 Å². The second-order valence-electron chi connectivity index (χ2n) is 5.05. The molecule has 1 aliphatic rings. The van der Waals surface area contributed by atoms with Gasteiger partial charge in [0.1, 0.15) is 0 Å². The van der Waals surface area contributed by atoms with Gasteiger partial charge in [-0.15, -0.1) is 0 Å². The highest BCUT2D eigenvalue weighted by atomic mass is 79.9. The molecule has 4 nitrogen and oxygen atoms in total. The Labute approximate surface area is 115 Å². The van der Waals surface area contributed by atoms with Crippen LogP contribution in [0.3, 0.4) is 0 Å². The van der Waals surface area contributed by atoms with Crippen LogP contribution in [0.1, 0.15) is 24.2 Å². The molecule has 1 fully saturated rings. The fourth-order valence-electron chi connectivity index (χ4n) is 2.11. The molecule has 1 aromatic carbocycles. The SMILES string of the molecule is CC1(C)COCCN1C(=O)c1ccc(Br)cc1N. The van der Waals surface area contributed by atoms with Crippen molar-refractivity contribution in [1.82, 2.24) is 4.90 Å². The third-order valence-electron chi connectivity index (χ3n) is 3.13. The molecule has 1 aliphatic heterocycles. The van der Waals surface area contributed by atoms with Crippen molar-refractivity contribution in [3.63, 3.8) is 0 Å². The first-order chi connectivity index (χ1) is 8.42. The predicted octanol–water partition coefficient (Wildman–Crippen LogP) is 2.28. The highest BCUT2D eigenvalue weighted by Gasteiger charge is 2.35. The quantitative estimate of drug-likeness (QED) is 0.809. The molecule has 1 amide bonds. The number of nitrogen functional groups attached to an aromatic ring is 1. The van der Waals surface area contributed by atoms with Crippen LogP contribution in [0.4, 0.5) is 5.69 Å². The first-order valence-corrected chi connectivity index (χ1v) is 6.66. The van der Waals surface area contributed by atoms with Crippen molar-refractivity contribution in [2.24, 2.45) is 0 Å². The van der Waals surface area contributed by atoms with Gasteiger partial charge in [0, 0.05) is 16.7 Å². The van der Waals surface area contributed by atoms with Gasteiger partial charge >= 0.3 is 0 Å². The number of anilines is 1. The molecule has 0 spiro atoms. The van der Waals surface area contributed by atoms with E-state index in [-0.39, 0.29) is 11.4 Å². The lowest BCUT2D eigenvalue weighted by Gasteiger charge is -2.42. The van der Waals surface area contributed by atoms with E-state index in [1.165, 1.54) is 0 Å².